The fourth-order valence-electron chi connectivity index (χ4n) is 8.07. The number of benzene rings is 3. The minimum Gasteiger partial charge on any atom is -0.457 e. The van der Waals surface area contributed by atoms with Gasteiger partial charge in [-0.15, -0.1) is 12.4 Å². The molecule has 2 saturated heterocycles. The van der Waals surface area contributed by atoms with Crippen LogP contribution in [0.2, 0.25) is 10.0 Å². The molecule has 4 amide bonds. The Morgan fingerprint density at radius 3 is 2.33 bits per heavy atom. The van der Waals surface area contributed by atoms with Crippen LogP contribution < -0.4 is 15.4 Å². The molecule has 0 aliphatic carbocycles. The molecule has 2 aliphatic rings. The average Bonchev–Trinajstić information content (AvgIpc) is 3.57. The highest BCUT2D eigenvalue weighted by Crippen LogP contribution is 2.34. The second-order valence-electron chi connectivity index (χ2n) is 16.7. The Hall–Kier alpha value is -4.66. The van der Waals surface area contributed by atoms with Crippen LogP contribution in [0.1, 0.15) is 57.0 Å². The number of carbonyl (C=O) groups excluding carboxylic acids is 4. The minimum atomic E-state index is -1.32. The van der Waals surface area contributed by atoms with Gasteiger partial charge >= 0.3 is 0 Å². The molecule has 3 N–H and O–H groups in total. The molecule has 3 heterocycles. The van der Waals surface area contributed by atoms with Gasteiger partial charge in [0.25, 0.3) is 0 Å². The van der Waals surface area contributed by atoms with Gasteiger partial charge in [-0.2, -0.15) is 0 Å². The molecule has 0 saturated carbocycles. The van der Waals surface area contributed by atoms with E-state index in [0.29, 0.717) is 59.5 Å². The van der Waals surface area contributed by atoms with Crippen molar-refractivity contribution in [3.05, 3.63) is 99.9 Å². The van der Waals surface area contributed by atoms with Crippen LogP contribution in [0.5, 0.6) is 11.5 Å². The molecule has 1 aromatic heterocycles. The van der Waals surface area contributed by atoms with Crippen LogP contribution in [0.15, 0.2) is 72.9 Å². The van der Waals surface area contributed by atoms with Crippen molar-refractivity contribution in [1.82, 2.24) is 34.9 Å². The van der Waals surface area contributed by atoms with E-state index in [9.17, 15) is 24.3 Å². The van der Waals surface area contributed by atoms with E-state index in [1.165, 1.54) is 4.90 Å². The summed E-state index contributed by atoms with van der Waals surface area (Å²) in [6.07, 6.45) is 3.23. The lowest BCUT2D eigenvalue weighted by Crippen LogP contribution is -2.65. The molecular weight excluding hydrogens is 841 g/mol. The Kier molecular flexibility index (Phi) is 15.9. The lowest BCUT2D eigenvalue weighted by Gasteiger charge is -2.45. The normalized spacial score (nSPS) is 21.5. The SMILES string of the molecule is CC(C)[C@H]1CC(=O)N(Cc2ccc(Cl)cc2Oc2ccc(-c3cnc(CN(C)C)n3C)cc2)[C@@H](C)C(=O)N[C@@H](CO)C(=O)N[C@@]2(Cc3ccc(Cl)cc3)CCCN(C2)C1=O.Cl. The molecule has 2 aliphatic heterocycles. The summed E-state index contributed by atoms with van der Waals surface area (Å²) < 4.78 is 8.45. The van der Waals surface area contributed by atoms with Gasteiger partial charge in [0.2, 0.25) is 23.6 Å². The van der Waals surface area contributed by atoms with Crippen LogP contribution in [0.25, 0.3) is 11.3 Å². The van der Waals surface area contributed by atoms with Gasteiger partial charge in [0.15, 0.2) is 0 Å². The maximum absolute atomic E-state index is 14.6. The monoisotopic (exact) mass is 895 g/mol. The molecule has 13 nitrogen and oxygen atoms in total. The van der Waals surface area contributed by atoms with E-state index >= 15 is 0 Å². The topological polar surface area (TPSA) is 149 Å². The number of hydrogen-bond donors (Lipinski definition) is 3. The minimum absolute atomic E-state index is 0. The highest BCUT2D eigenvalue weighted by molar-refractivity contribution is 6.31. The van der Waals surface area contributed by atoms with Crippen molar-refractivity contribution in [2.24, 2.45) is 18.9 Å². The number of ether oxygens (including phenoxy) is 1. The number of nitrogens with one attached hydrogen (secondary N) is 2. The summed E-state index contributed by atoms with van der Waals surface area (Å²) in [7, 11) is 5.97. The Balaban J connectivity index is 0.00000704. The number of amides is 4. The molecule has 4 atom stereocenters. The highest BCUT2D eigenvalue weighted by Gasteiger charge is 2.43. The summed E-state index contributed by atoms with van der Waals surface area (Å²) in [5.41, 5.74) is 2.46. The van der Waals surface area contributed by atoms with Gasteiger partial charge in [-0.3, -0.25) is 19.2 Å². The third kappa shape index (κ3) is 11.4. The fraction of sp³-hybridized carbons (Fsp3) is 0.444. The predicted octanol–water partition coefficient (Wildman–Crippen LogP) is 6.26. The van der Waals surface area contributed by atoms with Crippen LogP contribution >= 0.6 is 35.6 Å². The first kappa shape index (κ1) is 47.4. The maximum atomic E-state index is 14.6. The van der Waals surface area contributed by atoms with Crippen molar-refractivity contribution >= 4 is 59.2 Å². The van der Waals surface area contributed by atoms with Crippen molar-refractivity contribution in [2.75, 3.05) is 33.8 Å². The second kappa shape index (κ2) is 20.5. The number of aromatic nitrogens is 2. The van der Waals surface area contributed by atoms with Gasteiger partial charge in [-0.25, -0.2) is 4.98 Å². The summed E-state index contributed by atoms with van der Waals surface area (Å²) in [5.74, 6) is -0.949. The number of hydrogen-bond acceptors (Lipinski definition) is 8. The molecule has 61 heavy (non-hydrogen) atoms. The van der Waals surface area contributed by atoms with E-state index in [4.69, 9.17) is 27.9 Å². The molecule has 328 valence electrons. The third-order valence-corrected chi connectivity index (χ3v) is 12.0. The second-order valence-corrected chi connectivity index (χ2v) is 17.5. The largest absolute Gasteiger partial charge is 0.457 e. The lowest BCUT2D eigenvalue weighted by molar-refractivity contribution is -0.149. The highest BCUT2D eigenvalue weighted by atomic mass is 35.5. The summed E-state index contributed by atoms with van der Waals surface area (Å²) in [4.78, 5) is 66.9. The van der Waals surface area contributed by atoms with Crippen LogP contribution in [0.4, 0.5) is 0 Å². The van der Waals surface area contributed by atoms with Crippen molar-refractivity contribution in [1.29, 1.82) is 0 Å². The molecule has 16 heteroatoms. The summed E-state index contributed by atoms with van der Waals surface area (Å²) in [5, 5.41) is 17.3. The number of aliphatic hydroxyl groups is 1. The maximum Gasteiger partial charge on any atom is 0.245 e. The summed E-state index contributed by atoms with van der Waals surface area (Å²) in [6.45, 7) is 5.97. The van der Waals surface area contributed by atoms with Crippen LogP contribution in [0, 0.1) is 11.8 Å². The fourth-order valence-corrected chi connectivity index (χ4v) is 8.36. The van der Waals surface area contributed by atoms with E-state index in [2.05, 4.69) is 25.1 Å². The Morgan fingerprint density at radius 2 is 1.67 bits per heavy atom. The molecule has 0 spiro atoms. The molecule has 2 fully saturated rings. The Bertz CT molecular complexity index is 2180. The first-order valence-corrected chi connectivity index (χ1v) is 21.1. The number of piperidine rings is 1. The zero-order chi connectivity index (χ0) is 43.3. The van der Waals surface area contributed by atoms with E-state index in [0.717, 1.165) is 22.6 Å². The number of nitrogens with zero attached hydrogens (tertiary/aromatic N) is 5. The van der Waals surface area contributed by atoms with Crippen LogP contribution in [0.3, 0.4) is 0 Å². The number of carbonyl (C=O) groups is 4. The van der Waals surface area contributed by atoms with E-state index < -0.39 is 47.9 Å². The van der Waals surface area contributed by atoms with Crippen LogP contribution in [-0.2, 0) is 45.7 Å². The standard InChI is InChI=1S/C45H55Cl2N7O6.ClH/c1-28(2)36-21-41(56)54(24-32-10-15-34(47)20-39(32)60-35-16-11-31(12-17-35)38-23-48-40(52(38)6)25-51(4)5)29(3)42(57)49-37(26-55)43(58)50-45(18-7-19-53(27-45)44(36)59)22-30-8-13-33(46)14-9-30;/h8-17,20,23,28-29,36-37,55H,7,18-19,21-22,24-27H2,1-6H3,(H,49,57)(H,50,58);1H/t29-,36+,37-,45+;/m0./s1. The molecule has 4 aromatic rings. The average molecular weight is 897 g/mol. The van der Waals surface area contributed by atoms with Gasteiger partial charge in [-0.1, -0.05) is 55.2 Å². The van der Waals surface area contributed by atoms with E-state index in [-0.39, 0.29) is 43.7 Å². The van der Waals surface area contributed by atoms with Gasteiger partial charge in [0.1, 0.15) is 29.4 Å². The number of rotatable bonds is 11. The van der Waals surface area contributed by atoms with Crippen molar-refractivity contribution in [3.8, 4) is 22.8 Å². The Labute approximate surface area is 374 Å². The Morgan fingerprint density at radius 1 is 0.984 bits per heavy atom. The molecule has 2 bridgehead atoms. The molecular formula is C45H56Cl3N7O6. The first-order valence-electron chi connectivity index (χ1n) is 20.3. The number of imidazole rings is 1. The zero-order valence-electron chi connectivity index (χ0n) is 35.5. The first-order chi connectivity index (χ1) is 28.6. The van der Waals surface area contributed by atoms with Crippen molar-refractivity contribution in [2.45, 2.75) is 77.2 Å². The van der Waals surface area contributed by atoms with E-state index in [1.54, 1.807) is 42.2 Å². The van der Waals surface area contributed by atoms with Crippen LogP contribution in [-0.4, -0.2) is 104 Å². The van der Waals surface area contributed by atoms with Crippen molar-refractivity contribution < 1.29 is 29.0 Å². The van der Waals surface area contributed by atoms with Crippen molar-refractivity contribution in [3.63, 3.8) is 0 Å². The van der Waals surface area contributed by atoms with Gasteiger partial charge in [-0.05, 0) is 100 Å². The smallest absolute Gasteiger partial charge is 0.245 e. The molecule has 0 radical (unpaired) electrons. The summed E-state index contributed by atoms with van der Waals surface area (Å²) in [6, 6.07) is 17.5. The molecule has 3 aromatic carbocycles. The number of halogens is 3. The predicted molar refractivity (Wildman–Crippen MR) is 239 cm³/mol. The number of fused-ring (bicyclic) bond motifs is 2. The number of aliphatic hydroxyl groups excluding tert-OH is 1. The quantitative estimate of drug-likeness (QED) is 0.160. The third-order valence-electron chi connectivity index (χ3n) is 11.5. The lowest BCUT2D eigenvalue weighted by atomic mass is 9.81. The summed E-state index contributed by atoms with van der Waals surface area (Å²) >= 11 is 12.7. The van der Waals surface area contributed by atoms with Gasteiger partial charge in [0.05, 0.1) is 37.1 Å². The molecule has 6 rings (SSSR count). The molecule has 0 unspecified atom stereocenters. The van der Waals surface area contributed by atoms with Gasteiger partial charge in [0, 0.05) is 53.6 Å². The van der Waals surface area contributed by atoms with Gasteiger partial charge < -0.3 is 39.7 Å². The zero-order valence-corrected chi connectivity index (χ0v) is 37.8. The van der Waals surface area contributed by atoms with E-state index in [1.807, 2.05) is 77.6 Å².